The second-order valence-corrected chi connectivity index (χ2v) is 6.01. The van der Waals surface area contributed by atoms with Crippen LogP contribution in [0.4, 0.5) is 5.69 Å². The van der Waals surface area contributed by atoms with Crippen LogP contribution in [0.2, 0.25) is 0 Å². The highest BCUT2D eigenvalue weighted by molar-refractivity contribution is 5.85. The minimum Gasteiger partial charge on any atom is -0.496 e. The number of aliphatic imine (C=N–C) groups is 1. The molecule has 0 aromatic heterocycles. The zero-order chi connectivity index (χ0) is 16.8. The largest absolute Gasteiger partial charge is 0.496 e. The van der Waals surface area contributed by atoms with Crippen LogP contribution in [0.3, 0.4) is 0 Å². The minimum absolute atomic E-state index is 0. The first kappa shape index (κ1) is 19.1. The number of guanidine groups is 1. The highest BCUT2D eigenvalue weighted by Gasteiger charge is 2.20. The van der Waals surface area contributed by atoms with Gasteiger partial charge in [-0.3, -0.25) is 0 Å². The average molecular weight is 360 g/mol. The molecule has 0 atom stereocenters. The number of nitrogens with zero attached hydrogens (tertiary/aromatic N) is 2. The lowest BCUT2D eigenvalue weighted by Crippen LogP contribution is -2.42. The molecular weight excluding hydrogens is 334 g/mol. The van der Waals surface area contributed by atoms with E-state index in [9.17, 15) is 0 Å². The molecule has 4 nitrogen and oxygen atoms in total. The molecule has 134 valence electrons. The normalized spacial score (nSPS) is 12.7. The van der Waals surface area contributed by atoms with E-state index in [4.69, 9.17) is 9.73 Å². The van der Waals surface area contributed by atoms with E-state index in [1.54, 1.807) is 7.11 Å². The van der Waals surface area contributed by atoms with Crippen molar-refractivity contribution in [2.45, 2.75) is 32.9 Å². The molecule has 1 N–H and O–H groups in total. The van der Waals surface area contributed by atoms with Crippen LogP contribution in [0.5, 0.6) is 5.75 Å². The summed E-state index contributed by atoms with van der Waals surface area (Å²) in [7, 11) is 1.72. The fourth-order valence-electron chi connectivity index (χ4n) is 2.92. The fourth-order valence-corrected chi connectivity index (χ4v) is 2.92. The molecule has 2 aromatic rings. The van der Waals surface area contributed by atoms with Crippen LogP contribution in [-0.4, -0.2) is 24.5 Å². The van der Waals surface area contributed by atoms with E-state index in [2.05, 4.69) is 47.5 Å². The molecule has 0 bridgehead atoms. The standard InChI is InChI=1S/C20H25N3O.ClH/c1-3-4-13-21-20-22-18-11-7-5-9-16(18)14-23(20)15-17-10-6-8-12-19(17)24-2;/h5-12H,3-4,13-15H2,1-2H3,(H,21,22);1H. The number of methoxy groups -OCH3 is 1. The Morgan fingerprint density at radius 2 is 1.88 bits per heavy atom. The summed E-state index contributed by atoms with van der Waals surface area (Å²) < 4.78 is 5.50. The molecule has 25 heavy (non-hydrogen) atoms. The van der Waals surface area contributed by atoms with Gasteiger partial charge in [0, 0.05) is 25.2 Å². The number of halogens is 1. The number of nitrogens with one attached hydrogen (secondary N) is 1. The van der Waals surface area contributed by atoms with Crippen LogP contribution in [0.15, 0.2) is 53.5 Å². The van der Waals surface area contributed by atoms with Gasteiger partial charge in [0.25, 0.3) is 0 Å². The Labute approximate surface area is 156 Å². The van der Waals surface area contributed by atoms with Gasteiger partial charge in [-0.2, -0.15) is 0 Å². The van der Waals surface area contributed by atoms with E-state index in [0.717, 1.165) is 43.5 Å². The predicted octanol–water partition coefficient (Wildman–Crippen LogP) is 4.51. The molecular formula is C20H26ClN3O. The van der Waals surface area contributed by atoms with Gasteiger partial charge < -0.3 is 15.0 Å². The van der Waals surface area contributed by atoms with Crippen molar-refractivity contribution in [1.82, 2.24) is 10.2 Å². The molecule has 3 rings (SSSR count). The predicted molar refractivity (Wildman–Crippen MR) is 106 cm³/mol. The number of ether oxygens (including phenoxy) is 1. The van der Waals surface area contributed by atoms with Crippen molar-refractivity contribution in [1.29, 1.82) is 0 Å². The van der Waals surface area contributed by atoms with E-state index >= 15 is 0 Å². The van der Waals surface area contributed by atoms with Crippen molar-refractivity contribution in [3.05, 3.63) is 59.7 Å². The Morgan fingerprint density at radius 1 is 1.12 bits per heavy atom. The first-order chi connectivity index (χ1) is 11.8. The van der Waals surface area contributed by atoms with Gasteiger partial charge >= 0.3 is 0 Å². The third-order valence-corrected chi connectivity index (χ3v) is 4.25. The third kappa shape index (κ3) is 4.67. The van der Waals surface area contributed by atoms with Crippen molar-refractivity contribution in [2.24, 2.45) is 4.99 Å². The van der Waals surface area contributed by atoms with Crippen LogP contribution in [0, 0.1) is 0 Å². The van der Waals surface area contributed by atoms with Gasteiger partial charge in [-0.15, -0.1) is 12.4 Å². The number of fused-ring (bicyclic) bond motifs is 1. The number of benzene rings is 2. The zero-order valence-electron chi connectivity index (χ0n) is 14.9. The summed E-state index contributed by atoms with van der Waals surface area (Å²) in [6.45, 7) is 4.77. The Hall–Kier alpha value is -2.20. The molecule has 1 aliphatic heterocycles. The van der Waals surface area contributed by atoms with E-state index in [0.29, 0.717) is 0 Å². The maximum atomic E-state index is 5.50. The van der Waals surface area contributed by atoms with E-state index in [1.165, 1.54) is 17.5 Å². The van der Waals surface area contributed by atoms with Crippen LogP contribution >= 0.6 is 12.4 Å². The monoisotopic (exact) mass is 359 g/mol. The highest BCUT2D eigenvalue weighted by Crippen LogP contribution is 2.28. The Bertz CT molecular complexity index is 718. The smallest absolute Gasteiger partial charge is 0.199 e. The molecule has 0 unspecified atom stereocenters. The van der Waals surface area contributed by atoms with Gasteiger partial charge in [0.2, 0.25) is 0 Å². The topological polar surface area (TPSA) is 36.9 Å². The van der Waals surface area contributed by atoms with Crippen molar-refractivity contribution < 1.29 is 4.74 Å². The SMILES string of the molecule is CCCCNC1=Nc2ccccc2CN1Cc1ccccc1OC.Cl. The number of para-hydroxylation sites is 2. The Morgan fingerprint density at radius 3 is 2.68 bits per heavy atom. The van der Waals surface area contributed by atoms with Gasteiger partial charge in [-0.1, -0.05) is 49.7 Å². The maximum absolute atomic E-state index is 5.50. The summed E-state index contributed by atoms with van der Waals surface area (Å²) in [4.78, 5) is 7.13. The lowest BCUT2D eigenvalue weighted by Gasteiger charge is -2.31. The van der Waals surface area contributed by atoms with Gasteiger partial charge in [0.1, 0.15) is 5.75 Å². The average Bonchev–Trinajstić information content (AvgIpc) is 2.62. The lowest BCUT2D eigenvalue weighted by molar-refractivity contribution is 0.363. The molecule has 1 aliphatic rings. The highest BCUT2D eigenvalue weighted by atomic mass is 35.5. The van der Waals surface area contributed by atoms with E-state index in [-0.39, 0.29) is 12.4 Å². The fraction of sp³-hybridized carbons (Fsp3) is 0.350. The number of unbranched alkanes of at least 4 members (excludes halogenated alkanes) is 1. The number of hydrogen-bond donors (Lipinski definition) is 1. The summed E-state index contributed by atoms with van der Waals surface area (Å²) in [6, 6.07) is 16.5. The van der Waals surface area contributed by atoms with Crippen molar-refractivity contribution in [3.8, 4) is 5.75 Å². The zero-order valence-corrected chi connectivity index (χ0v) is 15.7. The van der Waals surface area contributed by atoms with Crippen LogP contribution < -0.4 is 10.1 Å². The van der Waals surface area contributed by atoms with E-state index in [1.807, 2.05) is 18.2 Å². The third-order valence-electron chi connectivity index (χ3n) is 4.25. The van der Waals surface area contributed by atoms with Crippen LogP contribution in [0.25, 0.3) is 0 Å². The molecule has 5 heteroatoms. The van der Waals surface area contributed by atoms with Crippen LogP contribution in [-0.2, 0) is 13.1 Å². The molecule has 1 heterocycles. The quantitative estimate of drug-likeness (QED) is 0.771. The number of rotatable bonds is 6. The molecule has 0 aliphatic carbocycles. The second kappa shape index (κ2) is 9.33. The Balaban J connectivity index is 0.00000225. The van der Waals surface area contributed by atoms with Gasteiger partial charge in [0.05, 0.1) is 12.8 Å². The summed E-state index contributed by atoms with van der Waals surface area (Å²) in [5.74, 6) is 1.87. The van der Waals surface area contributed by atoms with E-state index < -0.39 is 0 Å². The second-order valence-electron chi connectivity index (χ2n) is 6.01. The van der Waals surface area contributed by atoms with Crippen molar-refractivity contribution in [3.63, 3.8) is 0 Å². The summed E-state index contributed by atoms with van der Waals surface area (Å²) >= 11 is 0. The molecule has 0 saturated carbocycles. The van der Waals surface area contributed by atoms with Crippen LogP contribution in [0.1, 0.15) is 30.9 Å². The first-order valence-electron chi connectivity index (χ1n) is 8.59. The van der Waals surface area contributed by atoms with Gasteiger partial charge in [0.15, 0.2) is 5.96 Å². The maximum Gasteiger partial charge on any atom is 0.199 e. The molecule has 0 amide bonds. The molecule has 0 radical (unpaired) electrons. The summed E-state index contributed by atoms with van der Waals surface area (Å²) in [5.41, 5.74) is 3.49. The Kier molecular flexibility index (Phi) is 7.14. The van der Waals surface area contributed by atoms with Crippen molar-refractivity contribution in [2.75, 3.05) is 13.7 Å². The first-order valence-corrected chi connectivity index (χ1v) is 8.59. The number of hydrogen-bond acceptors (Lipinski definition) is 4. The lowest BCUT2D eigenvalue weighted by atomic mass is 10.1. The van der Waals surface area contributed by atoms with Gasteiger partial charge in [-0.25, -0.2) is 4.99 Å². The molecule has 2 aromatic carbocycles. The minimum atomic E-state index is 0. The summed E-state index contributed by atoms with van der Waals surface area (Å²) in [6.07, 6.45) is 2.31. The summed E-state index contributed by atoms with van der Waals surface area (Å²) in [5, 5.41) is 3.51. The van der Waals surface area contributed by atoms with Gasteiger partial charge in [-0.05, 0) is 24.1 Å². The molecule has 0 saturated heterocycles. The molecule has 0 spiro atoms. The van der Waals surface area contributed by atoms with Crippen molar-refractivity contribution >= 4 is 24.1 Å². The molecule has 0 fully saturated rings.